The first kappa shape index (κ1) is 18.9. The molecule has 0 radical (unpaired) electrons. The summed E-state index contributed by atoms with van der Waals surface area (Å²) in [6.45, 7) is 0.264. The number of unbranched alkanes of at least 4 members (excludes halogenated alkanes) is 3. The Kier molecular flexibility index (Phi) is 6.46. The molecule has 27 heavy (non-hydrogen) atoms. The zero-order valence-electron chi connectivity index (χ0n) is 15.1. The van der Waals surface area contributed by atoms with Crippen LogP contribution >= 0.6 is 0 Å². The van der Waals surface area contributed by atoms with Crippen LogP contribution in [-0.4, -0.2) is 32.8 Å². The molecule has 2 aromatic heterocycles. The Morgan fingerprint density at radius 1 is 1.04 bits per heavy atom. The Morgan fingerprint density at radius 2 is 1.81 bits per heavy atom. The lowest BCUT2D eigenvalue weighted by Gasteiger charge is -2.09. The lowest BCUT2D eigenvalue weighted by atomic mass is 10.0. The number of pyridine rings is 2. The normalized spacial score (nSPS) is 10.9. The van der Waals surface area contributed by atoms with Crippen LogP contribution in [0.4, 0.5) is 0 Å². The van der Waals surface area contributed by atoms with Crippen molar-refractivity contribution >= 4 is 16.8 Å². The Labute approximate surface area is 157 Å². The molecule has 0 unspecified atom stereocenters. The van der Waals surface area contributed by atoms with Gasteiger partial charge in [-0.05, 0) is 37.0 Å². The number of nitrogens with zero attached hydrogens (tertiary/aromatic N) is 2. The van der Waals surface area contributed by atoms with Crippen LogP contribution in [0.2, 0.25) is 0 Å². The van der Waals surface area contributed by atoms with E-state index in [4.69, 9.17) is 10.3 Å². The summed E-state index contributed by atoms with van der Waals surface area (Å²) in [6.07, 6.45) is 8.33. The molecule has 0 fully saturated rings. The van der Waals surface area contributed by atoms with Gasteiger partial charge in [-0.3, -0.25) is 15.0 Å². The summed E-state index contributed by atoms with van der Waals surface area (Å²) in [5.41, 5.74) is 5.49. The number of fused-ring (bicyclic) bond motifs is 1. The fourth-order valence-corrected chi connectivity index (χ4v) is 3.10. The molecular weight excluding hydrogens is 342 g/mol. The number of nitrogens with one attached hydrogen (secondary N) is 1. The zero-order chi connectivity index (χ0) is 19.1. The smallest absolute Gasteiger partial charge is 0.275 e. The molecule has 1 amide bonds. The molecule has 0 aliphatic heterocycles. The number of hydrogen-bond acceptors (Lipinski definition) is 5. The first-order valence-electron chi connectivity index (χ1n) is 9.12. The van der Waals surface area contributed by atoms with Crippen LogP contribution in [0.5, 0.6) is 0 Å². The van der Waals surface area contributed by atoms with Gasteiger partial charge in [0, 0.05) is 30.0 Å². The van der Waals surface area contributed by atoms with Gasteiger partial charge in [0.1, 0.15) is 0 Å². The van der Waals surface area contributed by atoms with E-state index in [1.807, 2.05) is 12.1 Å². The van der Waals surface area contributed by atoms with E-state index in [0.717, 1.165) is 37.7 Å². The van der Waals surface area contributed by atoms with Gasteiger partial charge in [0.15, 0.2) is 0 Å². The summed E-state index contributed by atoms with van der Waals surface area (Å²) in [5, 5.41) is 18.4. The van der Waals surface area contributed by atoms with Gasteiger partial charge in [-0.15, -0.1) is 0 Å². The van der Waals surface area contributed by atoms with Crippen LogP contribution < -0.4 is 5.48 Å². The highest BCUT2D eigenvalue weighted by Crippen LogP contribution is 2.25. The molecule has 6 nitrogen and oxygen atoms in total. The van der Waals surface area contributed by atoms with Crippen molar-refractivity contribution in [2.45, 2.75) is 32.1 Å². The van der Waals surface area contributed by atoms with Gasteiger partial charge in [-0.1, -0.05) is 37.1 Å². The summed E-state index contributed by atoms with van der Waals surface area (Å²) in [7, 11) is 0. The number of carbonyl (C=O) groups excluding carboxylic acids is 1. The second kappa shape index (κ2) is 9.21. The summed E-state index contributed by atoms with van der Waals surface area (Å²) in [5.74, 6) is -0.587. The number of hydroxylamine groups is 1. The minimum Gasteiger partial charge on any atom is -0.396 e. The molecule has 2 heterocycles. The number of aliphatic hydroxyl groups excluding tert-OH is 1. The maximum atomic E-state index is 12.0. The van der Waals surface area contributed by atoms with Crippen molar-refractivity contribution in [2.24, 2.45) is 0 Å². The van der Waals surface area contributed by atoms with Gasteiger partial charge >= 0.3 is 0 Å². The number of amides is 1. The number of rotatable bonds is 8. The van der Waals surface area contributed by atoms with Gasteiger partial charge in [0.2, 0.25) is 0 Å². The van der Waals surface area contributed by atoms with Crippen molar-refractivity contribution in [3.8, 4) is 11.3 Å². The zero-order valence-corrected chi connectivity index (χ0v) is 15.1. The van der Waals surface area contributed by atoms with E-state index < -0.39 is 5.91 Å². The molecule has 0 saturated carbocycles. The van der Waals surface area contributed by atoms with E-state index in [0.29, 0.717) is 22.2 Å². The van der Waals surface area contributed by atoms with Crippen LogP contribution in [0.25, 0.3) is 22.2 Å². The number of benzene rings is 1. The van der Waals surface area contributed by atoms with Crippen LogP contribution in [0, 0.1) is 0 Å². The number of hydrogen-bond donors (Lipinski definition) is 3. The molecule has 0 bridgehead atoms. The van der Waals surface area contributed by atoms with E-state index in [1.54, 1.807) is 30.0 Å². The fourth-order valence-electron chi connectivity index (χ4n) is 3.10. The standard InChI is InChI=1S/C21H23N3O3/c25-12-4-2-1-3-5-15-6-8-16(9-7-15)20-13-17(21(26)24-27)18-14-22-11-10-19(18)23-20/h6-11,13-14,25,27H,1-5,12H2,(H,24,26). The van der Waals surface area contributed by atoms with E-state index in [2.05, 4.69) is 22.1 Å². The lowest BCUT2D eigenvalue weighted by molar-refractivity contribution is 0.0708. The molecule has 3 rings (SSSR count). The molecule has 0 atom stereocenters. The van der Waals surface area contributed by atoms with E-state index in [9.17, 15) is 4.79 Å². The molecular formula is C21H23N3O3. The Balaban J connectivity index is 1.81. The maximum Gasteiger partial charge on any atom is 0.275 e. The highest BCUT2D eigenvalue weighted by atomic mass is 16.5. The fraction of sp³-hybridized carbons (Fsp3) is 0.286. The molecule has 0 aliphatic rings. The molecule has 6 heteroatoms. The van der Waals surface area contributed by atoms with E-state index in [-0.39, 0.29) is 6.61 Å². The molecule has 140 valence electrons. The summed E-state index contributed by atoms with van der Waals surface area (Å²) in [6, 6.07) is 11.6. The molecule has 0 saturated heterocycles. The monoisotopic (exact) mass is 365 g/mol. The topological polar surface area (TPSA) is 95.3 Å². The number of carbonyl (C=O) groups is 1. The van der Waals surface area contributed by atoms with Crippen LogP contribution in [0.3, 0.4) is 0 Å². The highest BCUT2D eigenvalue weighted by Gasteiger charge is 2.13. The van der Waals surface area contributed by atoms with Crippen molar-refractivity contribution in [1.82, 2.24) is 15.4 Å². The van der Waals surface area contributed by atoms with Crippen molar-refractivity contribution in [2.75, 3.05) is 6.61 Å². The second-order valence-corrected chi connectivity index (χ2v) is 6.47. The SMILES string of the molecule is O=C(NO)c1cc(-c2ccc(CCCCCCO)cc2)nc2ccncc12. The largest absolute Gasteiger partial charge is 0.396 e. The van der Waals surface area contributed by atoms with E-state index >= 15 is 0 Å². The molecule has 3 aromatic rings. The third-order valence-corrected chi connectivity index (χ3v) is 4.58. The quantitative estimate of drug-likeness (QED) is 0.322. The summed E-state index contributed by atoms with van der Waals surface area (Å²) >= 11 is 0. The van der Waals surface area contributed by atoms with Crippen molar-refractivity contribution in [1.29, 1.82) is 0 Å². The van der Waals surface area contributed by atoms with Gasteiger partial charge in [0.25, 0.3) is 5.91 Å². The second-order valence-electron chi connectivity index (χ2n) is 6.47. The lowest BCUT2D eigenvalue weighted by Crippen LogP contribution is -2.19. The minimum atomic E-state index is -0.587. The van der Waals surface area contributed by atoms with Crippen molar-refractivity contribution < 1.29 is 15.1 Å². The number of aromatic nitrogens is 2. The van der Waals surface area contributed by atoms with Crippen molar-refractivity contribution in [3.63, 3.8) is 0 Å². The third kappa shape index (κ3) is 4.67. The van der Waals surface area contributed by atoms with E-state index in [1.165, 1.54) is 5.56 Å². The Morgan fingerprint density at radius 3 is 2.56 bits per heavy atom. The van der Waals surface area contributed by atoms with Crippen LogP contribution in [-0.2, 0) is 6.42 Å². The number of aryl methyl sites for hydroxylation is 1. The molecule has 0 aliphatic carbocycles. The van der Waals surface area contributed by atoms with Crippen LogP contribution in [0.1, 0.15) is 41.6 Å². The predicted octanol–water partition coefficient (Wildman–Crippen LogP) is 3.51. The van der Waals surface area contributed by atoms with Gasteiger partial charge in [0.05, 0.1) is 16.8 Å². The van der Waals surface area contributed by atoms with Gasteiger partial charge in [-0.25, -0.2) is 10.5 Å². The van der Waals surface area contributed by atoms with Crippen LogP contribution in [0.15, 0.2) is 48.8 Å². The predicted molar refractivity (Wildman–Crippen MR) is 103 cm³/mol. The summed E-state index contributed by atoms with van der Waals surface area (Å²) in [4.78, 5) is 20.7. The van der Waals surface area contributed by atoms with Gasteiger partial charge in [-0.2, -0.15) is 0 Å². The first-order chi connectivity index (χ1) is 13.2. The first-order valence-corrected chi connectivity index (χ1v) is 9.12. The average molecular weight is 365 g/mol. The summed E-state index contributed by atoms with van der Waals surface area (Å²) < 4.78 is 0. The average Bonchev–Trinajstić information content (AvgIpc) is 2.72. The van der Waals surface area contributed by atoms with Crippen molar-refractivity contribution in [3.05, 3.63) is 59.9 Å². The Hall–Kier alpha value is -2.83. The molecule has 3 N–H and O–H groups in total. The molecule has 1 aromatic carbocycles. The maximum absolute atomic E-state index is 12.0. The third-order valence-electron chi connectivity index (χ3n) is 4.58. The minimum absolute atomic E-state index is 0.264. The van der Waals surface area contributed by atoms with Gasteiger partial charge < -0.3 is 5.11 Å². The Bertz CT molecular complexity index is 910. The highest BCUT2D eigenvalue weighted by molar-refractivity contribution is 6.06. The number of aliphatic hydroxyl groups is 1. The molecule has 0 spiro atoms.